The van der Waals surface area contributed by atoms with Gasteiger partial charge in [0.2, 0.25) is 11.8 Å². The standard InChI is InChI=1S/C18H19BrN2O2S/c1-11-7-8-15(24-11)12(2)18(23)21-10-9-20-17(22)16(21)13-5-3-4-6-14(13)19/h3-8,12,16H,9-10H2,1-2H3,(H,20,22)/t12-,16-/m1/s1. The van der Waals surface area contributed by atoms with Gasteiger partial charge in [-0.15, -0.1) is 11.3 Å². The van der Waals surface area contributed by atoms with Crippen LogP contribution in [0.3, 0.4) is 0 Å². The number of aryl methyl sites for hydroxylation is 1. The molecule has 24 heavy (non-hydrogen) atoms. The molecule has 1 aliphatic heterocycles. The molecule has 6 heteroatoms. The number of hydrogen-bond donors (Lipinski definition) is 1. The second-order valence-electron chi connectivity index (χ2n) is 5.92. The van der Waals surface area contributed by atoms with Gasteiger partial charge in [-0.25, -0.2) is 0 Å². The minimum absolute atomic E-state index is 0.00699. The van der Waals surface area contributed by atoms with Gasteiger partial charge in [-0.2, -0.15) is 0 Å². The molecule has 4 nitrogen and oxygen atoms in total. The van der Waals surface area contributed by atoms with Gasteiger partial charge >= 0.3 is 0 Å². The Morgan fingerprint density at radius 1 is 1.33 bits per heavy atom. The third kappa shape index (κ3) is 3.26. The van der Waals surface area contributed by atoms with E-state index in [2.05, 4.69) is 21.2 Å². The van der Waals surface area contributed by atoms with Crippen molar-refractivity contribution < 1.29 is 9.59 Å². The minimum atomic E-state index is -0.592. The van der Waals surface area contributed by atoms with Crippen molar-refractivity contribution in [2.45, 2.75) is 25.8 Å². The van der Waals surface area contributed by atoms with Crippen LogP contribution in [0.15, 0.2) is 40.9 Å². The summed E-state index contributed by atoms with van der Waals surface area (Å²) in [7, 11) is 0. The fourth-order valence-corrected chi connectivity index (χ4v) is 4.39. The van der Waals surface area contributed by atoms with Crippen LogP contribution in [0.25, 0.3) is 0 Å². The Hall–Kier alpha value is -1.66. The second-order valence-corrected chi connectivity index (χ2v) is 8.09. The number of thiophene rings is 1. The molecular formula is C18H19BrN2O2S. The SMILES string of the molecule is Cc1ccc([C@@H](C)C(=O)N2CCNC(=O)[C@H]2c2ccccc2Br)s1. The number of halogens is 1. The normalized spacial score (nSPS) is 19.0. The fraction of sp³-hybridized carbons (Fsp3) is 0.333. The fourth-order valence-electron chi connectivity index (χ4n) is 2.97. The van der Waals surface area contributed by atoms with Crippen molar-refractivity contribution in [1.29, 1.82) is 0 Å². The van der Waals surface area contributed by atoms with Crippen molar-refractivity contribution in [2.24, 2.45) is 0 Å². The van der Waals surface area contributed by atoms with E-state index in [9.17, 15) is 9.59 Å². The molecule has 2 aromatic rings. The third-order valence-corrected chi connectivity index (χ3v) is 6.16. The molecular weight excluding hydrogens is 388 g/mol. The van der Waals surface area contributed by atoms with Crippen LogP contribution in [-0.2, 0) is 9.59 Å². The van der Waals surface area contributed by atoms with Crippen LogP contribution < -0.4 is 5.32 Å². The van der Waals surface area contributed by atoms with Gasteiger partial charge in [-0.3, -0.25) is 9.59 Å². The molecule has 2 atom stereocenters. The third-order valence-electron chi connectivity index (χ3n) is 4.25. The first kappa shape index (κ1) is 17.2. The van der Waals surface area contributed by atoms with E-state index in [1.54, 1.807) is 16.2 Å². The van der Waals surface area contributed by atoms with Crippen molar-refractivity contribution in [3.63, 3.8) is 0 Å². The molecule has 0 spiro atoms. The molecule has 2 heterocycles. The molecule has 1 fully saturated rings. The molecule has 0 bridgehead atoms. The molecule has 0 unspecified atom stereocenters. The molecule has 126 valence electrons. The highest BCUT2D eigenvalue weighted by molar-refractivity contribution is 9.10. The monoisotopic (exact) mass is 406 g/mol. The van der Waals surface area contributed by atoms with Gasteiger partial charge < -0.3 is 10.2 Å². The first-order valence-corrected chi connectivity index (χ1v) is 9.49. The number of piperazine rings is 1. The van der Waals surface area contributed by atoms with Crippen LogP contribution in [0.4, 0.5) is 0 Å². The van der Waals surface area contributed by atoms with E-state index in [0.29, 0.717) is 13.1 Å². The number of carbonyl (C=O) groups excluding carboxylic acids is 2. The Kier molecular flexibility index (Phi) is 5.06. The van der Waals surface area contributed by atoms with E-state index in [4.69, 9.17) is 0 Å². The lowest BCUT2D eigenvalue weighted by atomic mass is 9.99. The molecule has 2 amide bonds. The molecule has 0 saturated carbocycles. The van der Waals surface area contributed by atoms with Crippen molar-refractivity contribution in [1.82, 2.24) is 10.2 Å². The van der Waals surface area contributed by atoms with Gasteiger partial charge in [-0.05, 0) is 37.6 Å². The summed E-state index contributed by atoms with van der Waals surface area (Å²) in [6, 6.07) is 11.0. The maximum absolute atomic E-state index is 13.1. The van der Waals surface area contributed by atoms with Crippen LogP contribution in [0, 0.1) is 6.92 Å². The second kappa shape index (κ2) is 7.07. The summed E-state index contributed by atoms with van der Waals surface area (Å²) in [6.45, 7) is 4.95. The first-order chi connectivity index (χ1) is 11.5. The van der Waals surface area contributed by atoms with Crippen LogP contribution in [-0.4, -0.2) is 29.8 Å². The van der Waals surface area contributed by atoms with Crippen LogP contribution in [0.2, 0.25) is 0 Å². The van der Waals surface area contributed by atoms with Crippen LogP contribution >= 0.6 is 27.3 Å². The van der Waals surface area contributed by atoms with Crippen LogP contribution in [0.5, 0.6) is 0 Å². The highest BCUT2D eigenvalue weighted by Crippen LogP contribution is 2.33. The Balaban J connectivity index is 1.93. The smallest absolute Gasteiger partial charge is 0.247 e. The Morgan fingerprint density at radius 2 is 2.08 bits per heavy atom. The van der Waals surface area contributed by atoms with Crippen molar-refractivity contribution in [3.05, 3.63) is 56.2 Å². The summed E-state index contributed by atoms with van der Waals surface area (Å²) in [6.07, 6.45) is 0. The summed E-state index contributed by atoms with van der Waals surface area (Å²) < 4.78 is 0.837. The van der Waals surface area contributed by atoms with E-state index in [-0.39, 0.29) is 17.7 Å². The molecule has 0 aliphatic carbocycles. The summed E-state index contributed by atoms with van der Waals surface area (Å²) in [5.74, 6) is -0.386. The number of benzene rings is 1. The number of rotatable bonds is 3. The summed E-state index contributed by atoms with van der Waals surface area (Å²) in [5.41, 5.74) is 0.817. The lowest BCUT2D eigenvalue weighted by Crippen LogP contribution is -2.53. The minimum Gasteiger partial charge on any atom is -0.352 e. The van der Waals surface area contributed by atoms with E-state index in [0.717, 1.165) is 14.9 Å². The number of nitrogens with one attached hydrogen (secondary N) is 1. The summed E-state index contributed by atoms with van der Waals surface area (Å²) in [5, 5.41) is 2.87. The highest BCUT2D eigenvalue weighted by atomic mass is 79.9. The zero-order chi connectivity index (χ0) is 17.3. The van der Waals surface area contributed by atoms with Crippen molar-refractivity contribution in [2.75, 3.05) is 13.1 Å². The van der Waals surface area contributed by atoms with Crippen molar-refractivity contribution in [3.8, 4) is 0 Å². The largest absolute Gasteiger partial charge is 0.352 e. The average Bonchev–Trinajstić information content (AvgIpc) is 3.00. The zero-order valence-corrected chi connectivity index (χ0v) is 16.0. The average molecular weight is 407 g/mol. The quantitative estimate of drug-likeness (QED) is 0.845. The summed E-state index contributed by atoms with van der Waals surface area (Å²) in [4.78, 5) is 29.5. The van der Waals surface area contributed by atoms with Gasteiger partial charge in [0, 0.05) is 27.3 Å². The topological polar surface area (TPSA) is 49.4 Å². The molecule has 1 aromatic carbocycles. The number of nitrogens with zero attached hydrogens (tertiary/aromatic N) is 1. The van der Waals surface area contributed by atoms with Gasteiger partial charge in [-0.1, -0.05) is 34.1 Å². The van der Waals surface area contributed by atoms with Gasteiger partial charge in [0.25, 0.3) is 0 Å². The molecule has 0 radical (unpaired) electrons. The van der Waals surface area contributed by atoms with E-state index in [1.807, 2.05) is 50.2 Å². The molecule has 1 N–H and O–H groups in total. The first-order valence-electron chi connectivity index (χ1n) is 7.88. The lowest BCUT2D eigenvalue weighted by Gasteiger charge is -2.37. The van der Waals surface area contributed by atoms with Crippen molar-refractivity contribution >= 4 is 39.1 Å². The number of carbonyl (C=O) groups is 2. The molecule has 1 saturated heterocycles. The summed E-state index contributed by atoms with van der Waals surface area (Å²) >= 11 is 5.14. The Labute approximate surface area is 154 Å². The van der Waals surface area contributed by atoms with Gasteiger partial charge in [0.15, 0.2) is 0 Å². The maximum Gasteiger partial charge on any atom is 0.247 e. The molecule has 1 aliphatic rings. The maximum atomic E-state index is 13.1. The predicted octanol–water partition coefficient (Wildman–Crippen LogP) is 3.62. The Morgan fingerprint density at radius 3 is 2.75 bits per heavy atom. The molecule has 1 aromatic heterocycles. The Bertz CT molecular complexity index is 774. The predicted molar refractivity (Wildman–Crippen MR) is 99.1 cm³/mol. The van der Waals surface area contributed by atoms with Gasteiger partial charge in [0.1, 0.15) is 6.04 Å². The van der Waals surface area contributed by atoms with Crippen LogP contribution in [0.1, 0.15) is 34.2 Å². The zero-order valence-electron chi connectivity index (χ0n) is 13.6. The van der Waals surface area contributed by atoms with E-state index < -0.39 is 6.04 Å². The molecule has 3 rings (SSSR count). The lowest BCUT2D eigenvalue weighted by molar-refractivity contribution is -0.144. The van der Waals surface area contributed by atoms with E-state index >= 15 is 0 Å². The van der Waals surface area contributed by atoms with Gasteiger partial charge in [0.05, 0.1) is 5.92 Å². The number of hydrogen-bond acceptors (Lipinski definition) is 3. The highest BCUT2D eigenvalue weighted by Gasteiger charge is 2.37. The number of amides is 2. The van der Waals surface area contributed by atoms with E-state index in [1.165, 1.54) is 4.88 Å².